The Balaban J connectivity index is 0.00000176. The summed E-state index contributed by atoms with van der Waals surface area (Å²) in [6.07, 6.45) is 3.96. The molecule has 7 nitrogen and oxygen atoms in total. The lowest BCUT2D eigenvalue weighted by Crippen LogP contribution is -2.22. The Morgan fingerprint density at radius 1 is 1.12 bits per heavy atom. The molecule has 0 atom stereocenters. The Bertz CT molecular complexity index is 936. The van der Waals surface area contributed by atoms with Crippen LogP contribution in [0.2, 0.25) is 0 Å². The van der Waals surface area contributed by atoms with Gasteiger partial charge in [-0.05, 0) is 42.3 Å². The SMILES string of the molecule is C=C1/N=C\NC(=NCc2ccc(OCCOC)cc2)C/C=N\N1c1cccc(C)c1.CC. The molecule has 0 aliphatic carbocycles. The number of aryl methyl sites for hydroxylation is 1. The molecular formula is C25H33N5O2. The Morgan fingerprint density at radius 2 is 1.91 bits per heavy atom. The van der Waals surface area contributed by atoms with E-state index in [1.807, 2.05) is 69.3 Å². The third-order valence-electron chi connectivity index (χ3n) is 4.35. The van der Waals surface area contributed by atoms with Crippen LogP contribution in [0.5, 0.6) is 5.75 Å². The lowest BCUT2D eigenvalue weighted by molar-refractivity contribution is 0.146. The molecule has 2 aromatic rings. The largest absolute Gasteiger partial charge is 0.491 e. The molecule has 0 saturated heterocycles. The van der Waals surface area contributed by atoms with Crippen molar-refractivity contribution in [1.82, 2.24) is 5.32 Å². The summed E-state index contributed by atoms with van der Waals surface area (Å²) in [7, 11) is 1.66. The zero-order valence-electron chi connectivity index (χ0n) is 19.4. The molecule has 0 saturated carbocycles. The van der Waals surface area contributed by atoms with E-state index in [2.05, 4.69) is 27.0 Å². The van der Waals surface area contributed by atoms with E-state index in [1.165, 1.54) is 0 Å². The first-order chi connectivity index (χ1) is 15.7. The molecule has 7 heteroatoms. The normalized spacial score (nSPS) is 16.7. The van der Waals surface area contributed by atoms with Crippen molar-refractivity contribution in [1.29, 1.82) is 0 Å². The van der Waals surface area contributed by atoms with Crippen LogP contribution >= 0.6 is 0 Å². The number of anilines is 1. The maximum atomic E-state index is 5.58. The lowest BCUT2D eigenvalue weighted by atomic mass is 10.2. The molecule has 3 rings (SSSR count). The van der Waals surface area contributed by atoms with E-state index in [9.17, 15) is 0 Å². The van der Waals surface area contributed by atoms with Gasteiger partial charge in [0.25, 0.3) is 0 Å². The summed E-state index contributed by atoms with van der Waals surface area (Å²) < 4.78 is 10.6. The number of nitrogens with zero attached hydrogens (tertiary/aromatic N) is 4. The summed E-state index contributed by atoms with van der Waals surface area (Å²) in [4.78, 5) is 9.01. The Kier molecular flexibility index (Phi) is 10.7. The van der Waals surface area contributed by atoms with Gasteiger partial charge in [-0.3, -0.25) is 4.99 Å². The van der Waals surface area contributed by atoms with Gasteiger partial charge in [0.1, 0.15) is 24.0 Å². The number of hydrazone groups is 1. The van der Waals surface area contributed by atoms with Crippen molar-refractivity contribution in [2.45, 2.75) is 33.7 Å². The van der Waals surface area contributed by atoms with Crippen LogP contribution in [0, 0.1) is 6.92 Å². The van der Waals surface area contributed by atoms with Gasteiger partial charge in [-0.15, -0.1) is 0 Å². The van der Waals surface area contributed by atoms with E-state index in [0.29, 0.717) is 32.0 Å². The number of benzene rings is 2. The molecule has 170 valence electrons. The first-order valence-electron chi connectivity index (χ1n) is 10.8. The molecule has 32 heavy (non-hydrogen) atoms. The fourth-order valence-corrected chi connectivity index (χ4v) is 2.78. The number of rotatable bonds is 7. The van der Waals surface area contributed by atoms with Crippen LogP contribution in [-0.4, -0.2) is 38.7 Å². The van der Waals surface area contributed by atoms with Gasteiger partial charge in [-0.2, -0.15) is 5.10 Å². The molecule has 0 unspecified atom stereocenters. The monoisotopic (exact) mass is 435 g/mol. The Hall–Kier alpha value is -3.45. The van der Waals surface area contributed by atoms with Crippen LogP contribution in [0.3, 0.4) is 0 Å². The molecule has 2 aromatic carbocycles. The molecule has 1 aliphatic rings. The van der Waals surface area contributed by atoms with Crippen LogP contribution in [0.15, 0.2) is 76.0 Å². The summed E-state index contributed by atoms with van der Waals surface area (Å²) >= 11 is 0. The molecule has 0 fully saturated rings. The highest BCUT2D eigenvalue weighted by Gasteiger charge is 2.10. The summed E-state index contributed by atoms with van der Waals surface area (Å²) in [6, 6.07) is 15.9. The van der Waals surface area contributed by atoms with Gasteiger partial charge in [0.05, 0.1) is 25.2 Å². The zero-order valence-corrected chi connectivity index (χ0v) is 19.4. The summed E-state index contributed by atoms with van der Waals surface area (Å²) in [5, 5.41) is 9.39. The fraction of sp³-hybridized carbons (Fsp3) is 0.320. The van der Waals surface area contributed by atoms with Crippen molar-refractivity contribution in [3.8, 4) is 5.75 Å². The first-order valence-corrected chi connectivity index (χ1v) is 10.8. The minimum absolute atomic E-state index is 0.523. The van der Waals surface area contributed by atoms with Crippen molar-refractivity contribution in [2.75, 3.05) is 25.3 Å². The van der Waals surface area contributed by atoms with Crippen molar-refractivity contribution < 1.29 is 9.47 Å². The maximum Gasteiger partial charge on any atom is 0.148 e. The van der Waals surface area contributed by atoms with E-state index in [4.69, 9.17) is 9.47 Å². The third kappa shape index (κ3) is 8.00. The van der Waals surface area contributed by atoms with Crippen molar-refractivity contribution in [2.24, 2.45) is 15.1 Å². The van der Waals surface area contributed by atoms with Gasteiger partial charge < -0.3 is 14.8 Å². The summed E-state index contributed by atoms with van der Waals surface area (Å²) in [5.41, 5.74) is 3.15. The van der Waals surface area contributed by atoms with Gasteiger partial charge >= 0.3 is 0 Å². The highest BCUT2D eigenvalue weighted by molar-refractivity contribution is 6.00. The van der Waals surface area contributed by atoms with Gasteiger partial charge in [0, 0.05) is 19.7 Å². The van der Waals surface area contributed by atoms with E-state index in [-0.39, 0.29) is 0 Å². The van der Waals surface area contributed by atoms with Crippen LogP contribution in [0.25, 0.3) is 0 Å². The van der Waals surface area contributed by atoms with E-state index < -0.39 is 0 Å². The summed E-state index contributed by atoms with van der Waals surface area (Å²) in [6.45, 7) is 11.7. The van der Waals surface area contributed by atoms with Crippen LogP contribution < -0.4 is 15.1 Å². The third-order valence-corrected chi connectivity index (χ3v) is 4.35. The molecule has 1 N–H and O–H groups in total. The summed E-state index contributed by atoms with van der Waals surface area (Å²) in [5.74, 6) is 2.12. The standard InChI is InChI=1S/C23H27N5O2.C2H6/c1-18-5-4-6-21(15-18)28-19(2)25-17-26-23(11-12-27-28)24-16-20-7-9-22(10-8-20)30-14-13-29-3;1-2/h4-10,12,15,17H,2,11,13-14,16H2,1,3H3,(H,24,25,26);1-2H3/b27-12-;. The highest BCUT2D eigenvalue weighted by Crippen LogP contribution is 2.21. The van der Waals surface area contributed by atoms with Gasteiger partial charge in [-0.25, -0.2) is 10.0 Å². The zero-order chi connectivity index (χ0) is 23.2. The predicted octanol–water partition coefficient (Wildman–Crippen LogP) is 4.93. The van der Waals surface area contributed by atoms with Gasteiger partial charge in [0.15, 0.2) is 0 Å². The molecule has 1 aliphatic heterocycles. The van der Waals surface area contributed by atoms with Crippen molar-refractivity contribution >= 4 is 24.1 Å². The number of hydrogen-bond acceptors (Lipinski definition) is 6. The molecule has 0 aromatic heterocycles. The Labute approximate surface area is 191 Å². The van der Waals surface area contributed by atoms with E-state index in [0.717, 1.165) is 28.4 Å². The highest BCUT2D eigenvalue weighted by atomic mass is 16.5. The number of ether oxygens (including phenoxy) is 2. The average molecular weight is 436 g/mol. The molecule has 0 bridgehead atoms. The average Bonchev–Trinajstić information content (AvgIpc) is 2.90. The number of amidine groups is 1. The number of aliphatic imine (C=N–C) groups is 2. The number of hydrogen-bond donors (Lipinski definition) is 1. The second kappa shape index (κ2) is 13.8. The second-order valence-electron chi connectivity index (χ2n) is 6.72. The van der Waals surface area contributed by atoms with E-state index in [1.54, 1.807) is 24.7 Å². The van der Waals surface area contributed by atoms with Gasteiger partial charge in [0.2, 0.25) is 0 Å². The number of methoxy groups -OCH3 is 1. The second-order valence-corrected chi connectivity index (χ2v) is 6.72. The van der Waals surface area contributed by atoms with Crippen LogP contribution in [0.4, 0.5) is 5.69 Å². The van der Waals surface area contributed by atoms with Crippen molar-refractivity contribution in [3.05, 3.63) is 72.1 Å². The van der Waals surface area contributed by atoms with Crippen molar-refractivity contribution in [3.63, 3.8) is 0 Å². The minimum Gasteiger partial charge on any atom is -0.491 e. The smallest absolute Gasteiger partial charge is 0.148 e. The topological polar surface area (TPSA) is 70.8 Å². The van der Waals surface area contributed by atoms with Crippen LogP contribution in [-0.2, 0) is 11.3 Å². The quantitative estimate of drug-likeness (QED) is 0.626. The predicted molar refractivity (Wildman–Crippen MR) is 134 cm³/mol. The number of nitrogens with one attached hydrogen (secondary N) is 1. The Morgan fingerprint density at radius 3 is 2.62 bits per heavy atom. The first kappa shape index (κ1) is 24.8. The molecule has 0 radical (unpaired) electrons. The van der Waals surface area contributed by atoms with Crippen LogP contribution in [0.1, 0.15) is 31.4 Å². The fourth-order valence-electron chi connectivity index (χ4n) is 2.78. The molecular weight excluding hydrogens is 402 g/mol. The van der Waals surface area contributed by atoms with Gasteiger partial charge in [-0.1, -0.05) is 44.7 Å². The minimum atomic E-state index is 0.523. The van der Waals surface area contributed by atoms with E-state index >= 15 is 0 Å². The lowest BCUT2D eigenvalue weighted by Gasteiger charge is -2.18. The maximum absolute atomic E-state index is 5.58. The molecule has 1 heterocycles. The molecule has 0 amide bonds. The molecule has 0 spiro atoms.